The number of carbonyl (C=O) groups excluding carboxylic acids is 2. The average molecular weight is 1120 g/mol. The van der Waals surface area contributed by atoms with E-state index in [1.807, 2.05) is 42.5 Å². The quantitative estimate of drug-likeness (QED) is 0.0149. The van der Waals surface area contributed by atoms with Crippen LogP contribution in [0.3, 0.4) is 0 Å². The number of aliphatic hydroxyl groups is 5. The van der Waals surface area contributed by atoms with Crippen LogP contribution < -0.4 is 5.32 Å². The molecule has 0 bridgehead atoms. The summed E-state index contributed by atoms with van der Waals surface area (Å²) in [5, 5.41) is 57.0. The van der Waals surface area contributed by atoms with E-state index in [2.05, 4.69) is 99.0 Å². The smallest absolute Gasteiger partial charge is 0.306 e. The maximum Gasteiger partial charge on any atom is 0.306 e. The van der Waals surface area contributed by atoms with Crippen LogP contribution in [0.1, 0.15) is 239 Å². The molecule has 1 aliphatic heterocycles. The van der Waals surface area contributed by atoms with Gasteiger partial charge in [-0.05, 0) is 89.9 Å². The van der Waals surface area contributed by atoms with Crippen molar-refractivity contribution in [2.45, 2.75) is 288 Å². The lowest BCUT2D eigenvalue weighted by atomic mass is 9.99. The number of hydrogen-bond acceptors (Lipinski definition) is 10. The number of unbranched alkanes of at least 4 members (excludes halogenated alkanes) is 23. The second-order valence-electron chi connectivity index (χ2n) is 21.5. The number of carbonyl (C=O) groups is 2. The lowest BCUT2D eigenvalue weighted by molar-refractivity contribution is -0.305. The summed E-state index contributed by atoms with van der Waals surface area (Å²) >= 11 is 0. The summed E-state index contributed by atoms with van der Waals surface area (Å²) in [7, 11) is 0. The first-order valence-electron chi connectivity index (χ1n) is 31.9. The summed E-state index contributed by atoms with van der Waals surface area (Å²) in [6.07, 6.45) is 66.6. The van der Waals surface area contributed by atoms with Gasteiger partial charge in [0.2, 0.25) is 5.91 Å². The summed E-state index contributed by atoms with van der Waals surface area (Å²) in [5.41, 5.74) is 0. The van der Waals surface area contributed by atoms with Crippen molar-refractivity contribution in [1.29, 1.82) is 0 Å². The first-order valence-corrected chi connectivity index (χ1v) is 31.9. The van der Waals surface area contributed by atoms with Gasteiger partial charge in [-0.3, -0.25) is 9.59 Å². The molecule has 1 rings (SSSR count). The number of allylic oxidation sites excluding steroid dienone is 19. The minimum Gasteiger partial charge on any atom is -0.454 e. The van der Waals surface area contributed by atoms with Crippen molar-refractivity contribution in [3.05, 3.63) is 122 Å². The molecular weight excluding hydrogens is 1000 g/mol. The van der Waals surface area contributed by atoms with E-state index >= 15 is 0 Å². The summed E-state index contributed by atoms with van der Waals surface area (Å²) in [4.78, 5) is 26.6. The highest BCUT2D eigenvalue weighted by molar-refractivity contribution is 5.80. The molecule has 1 saturated heterocycles. The Bertz CT molecular complexity index is 1760. The van der Waals surface area contributed by atoms with Gasteiger partial charge >= 0.3 is 5.97 Å². The molecule has 6 N–H and O–H groups in total. The maximum atomic E-state index is 13.4. The van der Waals surface area contributed by atoms with Crippen LogP contribution in [0.15, 0.2) is 122 Å². The summed E-state index contributed by atoms with van der Waals surface area (Å²) in [6.45, 7) is 5.50. The molecule has 11 nitrogen and oxygen atoms in total. The predicted octanol–water partition coefficient (Wildman–Crippen LogP) is 15.4. The van der Waals surface area contributed by atoms with Crippen LogP contribution in [0, 0.1) is 0 Å². The van der Waals surface area contributed by atoms with E-state index in [9.17, 15) is 35.1 Å². The van der Waals surface area contributed by atoms with Gasteiger partial charge in [0.25, 0.3) is 0 Å². The molecule has 0 aromatic rings. The third-order valence-corrected chi connectivity index (χ3v) is 14.2. The van der Waals surface area contributed by atoms with Gasteiger partial charge < -0.3 is 45.1 Å². The van der Waals surface area contributed by atoms with Gasteiger partial charge in [0.1, 0.15) is 24.4 Å². The van der Waals surface area contributed by atoms with Gasteiger partial charge in [-0.2, -0.15) is 0 Å². The number of rotatable bonds is 52. The largest absolute Gasteiger partial charge is 0.454 e. The second kappa shape index (κ2) is 55.6. The number of ether oxygens (including phenoxy) is 3. The van der Waals surface area contributed by atoms with Crippen molar-refractivity contribution >= 4 is 11.9 Å². The fourth-order valence-corrected chi connectivity index (χ4v) is 9.22. The van der Waals surface area contributed by atoms with Crippen LogP contribution in [0.4, 0.5) is 0 Å². The first-order chi connectivity index (χ1) is 39.2. The van der Waals surface area contributed by atoms with Gasteiger partial charge in [0.15, 0.2) is 12.4 Å². The van der Waals surface area contributed by atoms with Gasteiger partial charge in [-0.1, -0.05) is 264 Å². The summed E-state index contributed by atoms with van der Waals surface area (Å²) in [5.74, 6) is -1.23. The van der Waals surface area contributed by atoms with Gasteiger partial charge in [-0.25, -0.2) is 0 Å². The summed E-state index contributed by atoms with van der Waals surface area (Å²) < 4.78 is 17.6. The monoisotopic (exact) mass is 1120 g/mol. The van der Waals surface area contributed by atoms with E-state index in [4.69, 9.17) is 14.2 Å². The lowest BCUT2D eigenvalue weighted by Gasteiger charge is -2.41. The number of aliphatic hydroxyl groups excluding tert-OH is 5. The molecule has 1 aliphatic rings. The molecule has 1 fully saturated rings. The fraction of sp³-hybridized carbons (Fsp3) is 0.681. The zero-order chi connectivity index (χ0) is 58.2. The highest BCUT2D eigenvalue weighted by Gasteiger charge is 2.47. The minimum atomic E-state index is -1.63. The number of esters is 1. The van der Waals surface area contributed by atoms with Crippen LogP contribution in [0.25, 0.3) is 0 Å². The Morgan fingerprint density at radius 1 is 0.512 bits per heavy atom. The third kappa shape index (κ3) is 42.8. The molecule has 0 aromatic heterocycles. The second-order valence-corrected chi connectivity index (χ2v) is 21.5. The van der Waals surface area contributed by atoms with Crippen molar-refractivity contribution in [3.63, 3.8) is 0 Å². The molecule has 1 amide bonds. The molecule has 0 radical (unpaired) electrons. The topological polar surface area (TPSA) is 175 Å². The van der Waals surface area contributed by atoms with E-state index in [0.29, 0.717) is 12.8 Å². The highest BCUT2D eigenvalue weighted by atomic mass is 16.7. The van der Waals surface area contributed by atoms with Crippen molar-refractivity contribution in [2.24, 2.45) is 0 Å². The standard InChI is InChI=1S/C69H115NO10/c1-4-7-10-13-16-19-22-25-27-28-29-30-31-32-33-34-35-36-37-39-42-45-48-51-54-57-64(74)80-67-66(76)65(75)63(58-71)79-69(67)78-59-60(61(72)55-52-49-46-43-40-24-21-18-15-12-9-6-3)70-68(77)62(73)56-53-50-47-44-41-38-26-23-20-17-14-11-8-5-2/h7-8,10-11,14,16-17,19-20,23,25-27,29-30,32-33,38,52,55,60-63,65-67,69,71-73,75-76H,4-6,9,12-13,15,18,21-22,24,28,31,34-37,39-51,53-54,56-59H2,1-3H3,(H,70,77)/b10-7-,11-8+,17-14+,19-16-,23-20+,27-25-,30-29-,33-32-,38-26-,55-52+. The molecule has 8 unspecified atom stereocenters. The Morgan fingerprint density at radius 3 is 1.50 bits per heavy atom. The van der Waals surface area contributed by atoms with E-state index in [0.717, 1.165) is 122 Å². The van der Waals surface area contributed by atoms with E-state index < -0.39 is 67.4 Å². The molecule has 8 atom stereocenters. The van der Waals surface area contributed by atoms with E-state index in [1.54, 1.807) is 6.08 Å². The number of nitrogens with one attached hydrogen (secondary N) is 1. The average Bonchev–Trinajstić information content (AvgIpc) is 3.46. The Labute approximate surface area is 487 Å². The molecule has 456 valence electrons. The van der Waals surface area contributed by atoms with E-state index in [-0.39, 0.29) is 19.4 Å². The zero-order valence-electron chi connectivity index (χ0n) is 50.4. The SMILES string of the molecule is CC/C=C\C/C=C\C/C=C\C/C=C\C/C=C\CCCCCCCCCCCC(=O)OC1C(OCC(NC(=O)C(O)CCCCCC\C=C/C=C/C=C/C=C/CC)C(O)/C=C/CCCCCCCCCCCC)OC(CO)C(O)C1O. The number of amides is 1. The van der Waals surface area contributed by atoms with Crippen LogP contribution in [0.2, 0.25) is 0 Å². The molecule has 0 saturated carbocycles. The maximum absolute atomic E-state index is 13.4. The van der Waals surface area contributed by atoms with Crippen LogP contribution in [-0.2, 0) is 23.8 Å². The van der Waals surface area contributed by atoms with Crippen molar-refractivity contribution < 1.29 is 49.3 Å². The van der Waals surface area contributed by atoms with Crippen molar-refractivity contribution in [1.82, 2.24) is 5.32 Å². The Kier molecular flexibility index (Phi) is 51.5. The Hall–Kier alpha value is -3.94. The van der Waals surface area contributed by atoms with Gasteiger partial charge in [-0.15, -0.1) is 0 Å². The molecule has 11 heteroatoms. The van der Waals surface area contributed by atoms with Gasteiger partial charge in [0.05, 0.1) is 25.4 Å². The lowest BCUT2D eigenvalue weighted by Crippen LogP contribution is -2.61. The Morgan fingerprint density at radius 2 is 0.963 bits per heavy atom. The predicted molar refractivity (Wildman–Crippen MR) is 333 cm³/mol. The fourth-order valence-electron chi connectivity index (χ4n) is 9.22. The minimum absolute atomic E-state index is 0.106. The molecule has 1 heterocycles. The zero-order valence-corrected chi connectivity index (χ0v) is 50.4. The molecule has 0 spiro atoms. The molecular formula is C69H115NO10. The Balaban J connectivity index is 2.63. The van der Waals surface area contributed by atoms with Crippen LogP contribution >= 0.6 is 0 Å². The number of hydrogen-bond donors (Lipinski definition) is 6. The van der Waals surface area contributed by atoms with E-state index in [1.165, 1.54) is 70.6 Å². The summed E-state index contributed by atoms with van der Waals surface area (Å²) in [6, 6.07) is -1.05. The first kappa shape index (κ1) is 74.1. The van der Waals surface area contributed by atoms with Crippen LogP contribution in [0.5, 0.6) is 0 Å². The molecule has 80 heavy (non-hydrogen) atoms. The van der Waals surface area contributed by atoms with Crippen molar-refractivity contribution in [3.8, 4) is 0 Å². The van der Waals surface area contributed by atoms with Crippen molar-refractivity contribution in [2.75, 3.05) is 13.2 Å². The van der Waals surface area contributed by atoms with Crippen LogP contribution in [-0.4, -0.2) is 99.6 Å². The third-order valence-electron chi connectivity index (χ3n) is 14.2. The normalized spacial score (nSPS) is 19.6. The molecule has 0 aliphatic carbocycles. The van der Waals surface area contributed by atoms with Gasteiger partial charge in [0, 0.05) is 6.42 Å². The molecule has 0 aromatic carbocycles. The highest BCUT2D eigenvalue weighted by Crippen LogP contribution is 2.26.